The Bertz CT molecular complexity index is 714. The van der Waals surface area contributed by atoms with E-state index in [1.165, 1.54) is 12.1 Å². The van der Waals surface area contributed by atoms with Crippen LogP contribution >= 0.6 is 0 Å². The van der Waals surface area contributed by atoms with Crippen LogP contribution in [-0.2, 0) is 6.42 Å². The quantitative estimate of drug-likeness (QED) is 0.751. The minimum absolute atomic E-state index is 0.00427. The highest BCUT2D eigenvalue weighted by Crippen LogP contribution is 2.26. The second kappa shape index (κ2) is 6.70. The Balaban J connectivity index is 2.27. The van der Waals surface area contributed by atoms with Crippen molar-refractivity contribution < 1.29 is 8.78 Å². The summed E-state index contributed by atoms with van der Waals surface area (Å²) in [5, 5.41) is 8.91. The molecule has 0 saturated heterocycles. The molecule has 0 heterocycles. The van der Waals surface area contributed by atoms with Crippen molar-refractivity contribution in [3.63, 3.8) is 0 Å². The Morgan fingerprint density at radius 1 is 0.955 bits per heavy atom. The van der Waals surface area contributed by atoms with Gasteiger partial charge in [-0.3, -0.25) is 0 Å². The van der Waals surface area contributed by atoms with Gasteiger partial charge in [-0.25, -0.2) is 8.78 Å². The van der Waals surface area contributed by atoms with Gasteiger partial charge >= 0.3 is 0 Å². The molecule has 0 spiro atoms. The van der Waals surface area contributed by atoms with Gasteiger partial charge in [0, 0.05) is 0 Å². The fourth-order valence-corrected chi connectivity index (χ4v) is 2.49. The summed E-state index contributed by atoms with van der Waals surface area (Å²) in [7, 11) is 0. The molecule has 1 unspecified atom stereocenters. The van der Waals surface area contributed by atoms with Crippen LogP contribution in [0.2, 0.25) is 0 Å². The average Bonchev–Trinajstić information content (AvgIpc) is 2.49. The molecule has 0 saturated carbocycles. The van der Waals surface area contributed by atoms with E-state index in [1.807, 2.05) is 19.1 Å². The zero-order valence-electron chi connectivity index (χ0n) is 13.0. The van der Waals surface area contributed by atoms with Crippen molar-refractivity contribution in [1.82, 2.24) is 0 Å². The van der Waals surface area contributed by atoms with Gasteiger partial charge in [0.2, 0.25) is 0 Å². The maximum Gasteiger partial charge on any atom is 0.140 e. The first-order valence-electron chi connectivity index (χ1n) is 7.40. The van der Waals surface area contributed by atoms with Gasteiger partial charge in [-0.15, -0.1) is 0 Å². The largest absolute Gasteiger partial charge is 0.207 e. The number of hydrogen-bond donors (Lipinski definition) is 0. The van der Waals surface area contributed by atoms with Crippen LogP contribution < -0.4 is 0 Å². The number of halogens is 2. The smallest absolute Gasteiger partial charge is 0.140 e. The molecule has 2 aromatic carbocycles. The molecule has 0 bridgehead atoms. The molecule has 0 aliphatic heterocycles. The van der Waals surface area contributed by atoms with Crippen LogP contribution in [0.25, 0.3) is 0 Å². The van der Waals surface area contributed by atoms with Crippen LogP contribution in [0.5, 0.6) is 0 Å². The average molecular weight is 299 g/mol. The molecular formula is C19H19F2N. The van der Waals surface area contributed by atoms with Crippen LogP contribution in [0.1, 0.15) is 54.9 Å². The van der Waals surface area contributed by atoms with E-state index in [0.717, 1.165) is 11.1 Å². The third-order valence-electron chi connectivity index (χ3n) is 3.94. The Hall–Kier alpha value is -2.21. The van der Waals surface area contributed by atoms with Crippen molar-refractivity contribution in [3.8, 4) is 6.07 Å². The zero-order valence-corrected chi connectivity index (χ0v) is 13.0. The zero-order chi connectivity index (χ0) is 16.3. The highest BCUT2D eigenvalue weighted by atomic mass is 19.1. The molecule has 1 atom stereocenters. The summed E-state index contributed by atoms with van der Waals surface area (Å²) >= 11 is 0. The van der Waals surface area contributed by atoms with Crippen molar-refractivity contribution in [2.24, 2.45) is 0 Å². The van der Waals surface area contributed by atoms with Gasteiger partial charge in [0.1, 0.15) is 17.7 Å². The van der Waals surface area contributed by atoms with Crippen LogP contribution in [0.3, 0.4) is 0 Å². The molecule has 1 nitrogen and oxygen atoms in total. The predicted octanol–water partition coefficient (Wildman–Crippen LogP) is 5.31. The van der Waals surface area contributed by atoms with Crippen LogP contribution in [0.4, 0.5) is 8.78 Å². The first kappa shape index (κ1) is 16.2. The summed E-state index contributed by atoms with van der Waals surface area (Å²) in [6.45, 7) is 6.09. The first-order valence-corrected chi connectivity index (χ1v) is 7.40. The van der Waals surface area contributed by atoms with Gasteiger partial charge in [0.15, 0.2) is 0 Å². The fraction of sp³-hybridized carbons (Fsp3) is 0.316. The molecule has 0 fully saturated rings. The lowest BCUT2D eigenvalue weighted by Gasteiger charge is -2.15. The molecule has 0 aliphatic carbocycles. The molecule has 22 heavy (non-hydrogen) atoms. The number of nitrogens with zero attached hydrogens (tertiary/aromatic N) is 1. The van der Waals surface area contributed by atoms with Gasteiger partial charge in [0.05, 0.1) is 5.56 Å². The molecular weight excluding hydrogens is 280 g/mol. The Morgan fingerprint density at radius 3 is 2.23 bits per heavy atom. The van der Waals surface area contributed by atoms with Crippen LogP contribution in [0.15, 0.2) is 36.4 Å². The van der Waals surface area contributed by atoms with Crippen LogP contribution in [0, 0.1) is 23.0 Å². The van der Waals surface area contributed by atoms with Crippen molar-refractivity contribution in [2.75, 3.05) is 0 Å². The normalized spacial score (nSPS) is 12.2. The number of nitriles is 1. The molecule has 114 valence electrons. The molecule has 0 amide bonds. The van der Waals surface area contributed by atoms with E-state index in [2.05, 4.69) is 13.8 Å². The van der Waals surface area contributed by atoms with E-state index < -0.39 is 5.82 Å². The lowest BCUT2D eigenvalue weighted by molar-refractivity contribution is 0.594. The van der Waals surface area contributed by atoms with E-state index >= 15 is 0 Å². The molecule has 0 radical (unpaired) electrons. The monoisotopic (exact) mass is 299 g/mol. The second-order valence-corrected chi connectivity index (χ2v) is 5.96. The predicted molar refractivity (Wildman–Crippen MR) is 83.7 cm³/mol. The maximum atomic E-state index is 14.0. The number of benzene rings is 2. The van der Waals surface area contributed by atoms with Crippen LogP contribution in [-0.4, -0.2) is 0 Å². The Labute approximate surface area is 130 Å². The third-order valence-corrected chi connectivity index (χ3v) is 3.94. The number of hydrogen-bond acceptors (Lipinski definition) is 1. The number of rotatable bonds is 4. The van der Waals surface area contributed by atoms with E-state index in [9.17, 15) is 8.78 Å². The van der Waals surface area contributed by atoms with E-state index in [4.69, 9.17) is 5.26 Å². The van der Waals surface area contributed by atoms with Gasteiger partial charge < -0.3 is 0 Å². The summed E-state index contributed by atoms with van der Waals surface area (Å²) in [5.41, 5.74) is 2.62. The molecule has 2 rings (SSSR count). The van der Waals surface area contributed by atoms with E-state index in [0.29, 0.717) is 17.9 Å². The molecule has 2 aromatic rings. The minimum atomic E-state index is -0.522. The summed E-state index contributed by atoms with van der Waals surface area (Å²) < 4.78 is 27.4. The van der Waals surface area contributed by atoms with Crippen molar-refractivity contribution >= 4 is 0 Å². The van der Waals surface area contributed by atoms with Crippen molar-refractivity contribution in [1.29, 1.82) is 5.26 Å². The van der Waals surface area contributed by atoms with E-state index in [-0.39, 0.29) is 17.3 Å². The van der Waals surface area contributed by atoms with Gasteiger partial charge in [-0.1, -0.05) is 39.0 Å². The highest BCUT2D eigenvalue weighted by Gasteiger charge is 2.13. The third kappa shape index (κ3) is 3.51. The van der Waals surface area contributed by atoms with Gasteiger partial charge in [0.25, 0.3) is 0 Å². The SMILES string of the molecule is CC(C)c1ccc(F)c(CC(C)c2ccc(F)c(C#N)c2)c1. The van der Waals surface area contributed by atoms with Gasteiger partial charge in [-0.2, -0.15) is 5.26 Å². The highest BCUT2D eigenvalue weighted by molar-refractivity contribution is 5.37. The summed E-state index contributed by atoms with van der Waals surface area (Å²) in [6.07, 6.45) is 0.517. The Kier molecular flexibility index (Phi) is 4.92. The van der Waals surface area contributed by atoms with E-state index in [1.54, 1.807) is 18.2 Å². The Morgan fingerprint density at radius 2 is 1.59 bits per heavy atom. The maximum absolute atomic E-state index is 14.0. The minimum Gasteiger partial charge on any atom is -0.207 e. The second-order valence-electron chi connectivity index (χ2n) is 5.96. The fourth-order valence-electron chi connectivity index (χ4n) is 2.49. The molecule has 0 aliphatic rings. The van der Waals surface area contributed by atoms with Crippen molar-refractivity contribution in [2.45, 2.75) is 39.0 Å². The molecule has 0 aromatic heterocycles. The lowest BCUT2D eigenvalue weighted by atomic mass is 9.90. The molecule has 3 heteroatoms. The standard InChI is InChI=1S/C19H19F2N/c1-12(2)14-4-6-18(20)16(9-14)8-13(3)15-5-7-19(21)17(10-15)11-22/h4-7,9-10,12-13H,8H2,1-3H3. The summed E-state index contributed by atoms with van der Waals surface area (Å²) in [5.74, 6) is -0.402. The van der Waals surface area contributed by atoms with Gasteiger partial charge in [-0.05, 0) is 53.1 Å². The summed E-state index contributed by atoms with van der Waals surface area (Å²) in [4.78, 5) is 0. The molecule has 0 N–H and O–H groups in total. The summed E-state index contributed by atoms with van der Waals surface area (Å²) in [6, 6.07) is 11.5. The first-order chi connectivity index (χ1) is 10.4. The van der Waals surface area contributed by atoms with Crippen molar-refractivity contribution in [3.05, 3.63) is 70.3 Å². The topological polar surface area (TPSA) is 23.8 Å². The lowest BCUT2D eigenvalue weighted by Crippen LogP contribution is -2.03.